The monoisotopic (exact) mass is 644 g/mol. The lowest BCUT2D eigenvalue weighted by molar-refractivity contribution is -0.150. The normalized spacial score (nSPS) is 20.6. The molecule has 10 heteroatoms. The summed E-state index contributed by atoms with van der Waals surface area (Å²) in [6, 6.07) is 16.9. The highest BCUT2D eigenvalue weighted by molar-refractivity contribution is 6.30. The van der Waals surface area contributed by atoms with Crippen LogP contribution in [0.15, 0.2) is 66.9 Å². The number of rotatable bonds is 8. The molecule has 6 rings (SSSR count). The van der Waals surface area contributed by atoms with Crippen LogP contribution in [0.1, 0.15) is 66.1 Å². The molecule has 46 heavy (non-hydrogen) atoms. The second kappa shape index (κ2) is 14.3. The molecule has 0 radical (unpaired) electrons. The Morgan fingerprint density at radius 1 is 1.13 bits per heavy atom. The van der Waals surface area contributed by atoms with Crippen molar-refractivity contribution < 1.29 is 24.2 Å². The van der Waals surface area contributed by atoms with E-state index >= 15 is 0 Å². The molecule has 4 heterocycles. The van der Waals surface area contributed by atoms with Gasteiger partial charge in [-0.2, -0.15) is 0 Å². The summed E-state index contributed by atoms with van der Waals surface area (Å²) >= 11 is 6.05. The number of hydrogen-bond acceptors (Lipinski definition) is 8. The zero-order chi connectivity index (χ0) is 32.1. The van der Waals surface area contributed by atoms with E-state index in [-0.39, 0.29) is 17.8 Å². The molecule has 1 atom stereocenters. The SMILES string of the molecule is CCOC(=O)C1CCCN(NC(=O)c2cccc3c2C/C(=C/CCN2CCC(O)(c4ccc(Cl)cc4)CC2)c2cccnc2O3)C1. The van der Waals surface area contributed by atoms with Crippen molar-refractivity contribution in [1.29, 1.82) is 0 Å². The van der Waals surface area contributed by atoms with E-state index in [1.54, 1.807) is 13.1 Å². The first-order valence-electron chi connectivity index (χ1n) is 16.2. The lowest BCUT2D eigenvalue weighted by Gasteiger charge is -2.38. The van der Waals surface area contributed by atoms with Gasteiger partial charge in [-0.05, 0) is 86.6 Å². The van der Waals surface area contributed by atoms with Crippen molar-refractivity contribution in [2.75, 3.05) is 39.3 Å². The predicted molar refractivity (Wildman–Crippen MR) is 176 cm³/mol. The van der Waals surface area contributed by atoms with Gasteiger partial charge in [0.05, 0.1) is 18.1 Å². The van der Waals surface area contributed by atoms with Crippen molar-refractivity contribution in [1.82, 2.24) is 20.3 Å². The third kappa shape index (κ3) is 7.28. The quantitative estimate of drug-likeness (QED) is 0.299. The number of hydrazine groups is 1. The molecule has 2 fully saturated rings. The second-order valence-corrected chi connectivity index (χ2v) is 12.7. The van der Waals surface area contributed by atoms with Gasteiger partial charge in [0, 0.05) is 67.1 Å². The molecule has 3 aliphatic heterocycles. The number of hydrogen-bond donors (Lipinski definition) is 2. The molecule has 242 valence electrons. The van der Waals surface area contributed by atoms with Crippen LogP contribution >= 0.6 is 11.6 Å². The van der Waals surface area contributed by atoms with Gasteiger partial charge in [-0.1, -0.05) is 35.9 Å². The van der Waals surface area contributed by atoms with Gasteiger partial charge in [-0.3, -0.25) is 15.0 Å². The minimum atomic E-state index is -0.836. The number of amides is 1. The summed E-state index contributed by atoms with van der Waals surface area (Å²) in [4.78, 5) is 32.9. The van der Waals surface area contributed by atoms with Gasteiger partial charge in [-0.15, -0.1) is 0 Å². The maximum absolute atomic E-state index is 13.7. The fourth-order valence-electron chi connectivity index (χ4n) is 6.70. The third-order valence-electron chi connectivity index (χ3n) is 9.27. The lowest BCUT2D eigenvalue weighted by atomic mass is 9.84. The Morgan fingerprint density at radius 2 is 1.93 bits per heavy atom. The van der Waals surface area contributed by atoms with E-state index in [4.69, 9.17) is 21.1 Å². The molecule has 0 bridgehead atoms. The average molecular weight is 645 g/mol. The maximum atomic E-state index is 13.7. The number of aliphatic hydroxyl groups is 1. The molecule has 0 spiro atoms. The number of nitrogens with one attached hydrogen (secondary N) is 1. The Morgan fingerprint density at radius 3 is 2.72 bits per heavy atom. The first-order chi connectivity index (χ1) is 22.3. The zero-order valence-corrected chi connectivity index (χ0v) is 27.0. The van der Waals surface area contributed by atoms with Crippen LogP contribution in [0.2, 0.25) is 5.02 Å². The molecule has 0 saturated carbocycles. The van der Waals surface area contributed by atoms with Crippen LogP contribution in [-0.4, -0.2) is 71.2 Å². The highest BCUT2D eigenvalue weighted by atomic mass is 35.5. The van der Waals surface area contributed by atoms with Crippen molar-refractivity contribution in [3.05, 3.63) is 94.1 Å². The standard InChI is InChI=1S/C36H41ClN4O5/c1-2-45-35(43)26-8-6-20-41(24-26)39-33(42)30-9-3-11-32-31(30)23-25(29-10-4-18-38-34(29)46-32)7-5-19-40-21-16-36(44,17-22-40)27-12-14-28(37)15-13-27/h3-4,7,9-15,18,26,44H,2,5-6,8,16-17,19-24H2,1H3,(H,39,42)/b25-7-. The van der Waals surface area contributed by atoms with Gasteiger partial charge in [0.2, 0.25) is 5.88 Å². The van der Waals surface area contributed by atoms with E-state index in [9.17, 15) is 14.7 Å². The van der Waals surface area contributed by atoms with Crippen LogP contribution in [0.5, 0.6) is 11.6 Å². The van der Waals surface area contributed by atoms with Crippen molar-refractivity contribution in [3.63, 3.8) is 0 Å². The van der Waals surface area contributed by atoms with Crippen LogP contribution in [-0.2, 0) is 21.6 Å². The maximum Gasteiger partial charge on any atom is 0.310 e. The lowest BCUT2D eigenvalue weighted by Crippen LogP contribution is -2.49. The van der Waals surface area contributed by atoms with E-state index in [1.165, 1.54) is 0 Å². The molecule has 1 amide bonds. The van der Waals surface area contributed by atoms with Crippen LogP contribution in [0, 0.1) is 5.92 Å². The van der Waals surface area contributed by atoms with E-state index < -0.39 is 5.60 Å². The number of nitrogens with zero attached hydrogens (tertiary/aromatic N) is 3. The topological polar surface area (TPSA) is 104 Å². The number of aromatic nitrogens is 1. The molecule has 0 aliphatic carbocycles. The second-order valence-electron chi connectivity index (χ2n) is 12.3. The van der Waals surface area contributed by atoms with E-state index in [2.05, 4.69) is 21.4 Å². The molecule has 9 nitrogen and oxygen atoms in total. The Kier molecular flexibility index (Phi) is 10.0. The third-order valence-corrected chi connectivity index (χ3v) is 9.52. The molecule has 2 N–H and O–H groups in total. The molecule has 2 aromatic carbocycles. The summed E-state index contributed by atoms with van der Waals surface area (Å²) in [7, 11) is 0. The van der Waals surface area contributed by atoms with E-state index in [1.807, 2.05) is 59.6 Å². The number of piperidine rings is 2. The zero-order valence-electron chi connectivity index (χ0n) is 26.2. The Balaban J connectivity index is 1.15. The minimum absolute atomic E-state index is 0.217. The van der Waals surface area contributed by atoms with Gasteiger partial charge < -0.3 is 19.5 Å². The van der Waals surface area contributed by atoms with Crippen LogP contribution in [0.25, 0.3) is 5.57 Å². The fraction of sp³-hybridized carbons (Fsp3) is 0.417. The first kappa shape index (κ1) is 32.2. The first-order valence-corrected chi connectivity index (χ1v) is 16.6. The Hall–Kier alpha value is -3.76. The molecule has 3 aliphatic rings. The summed E-state index contributed by atoms with van der Waals surface area (Å²) in [5.41, 5.74) is 6.42. The van der Waals surface area contributed by atoms with E-state index in [0.29, 0.717) is 61.2 Å². The molecular formula is C36H41ClN4O5. The number of halogens is 1. The van der Waals surface area contributed by atoms with Gasteiger partial charge >= 0.3 is 5.97 Å². The predicted octanol–water partition coefficient (Wildman–Crippen LogP) is 5.76. The molecule has 1 aromatic heterocycles. The van der Waals surface area contributed by atoms with Gasteiger partial charge in [0.15, 0.2) is 0 Å². The smallest absolute Gasteiger partial charge is 0.310 e. The molecule has 2 saturated heterocycles. The summed E-state index contributed by atoms with van der Waals surface area (Å²) < 4.78 is 11.5. The Bertz CT molecular complexity index is 1590. The van der Waals surface area contributed by atoms with E-state index in [0.717, 1.165) is 61.2 Å². The summed E-state index contributed by atoms with van der Waals surface area (Å²) in [5, 5.41) is 13.8. The number of pyridine rings is 1. The molecular weight excluding hydrogens is 604 g/mol. The number of likely N-dealkylation sites (tertiary alicyclic amines) is 1. The number of carbonyl (C=O) groups excluding carboxylic acids is 2. The molecule has 3 aromatic rings. The van der Waals surface area contributed by atoms with Crippen LogP contribution in [0.3, 0.4) is 0 Å². The van der Waals surface area contributed by atoms with Gasteiger partial charge in [0.25, 0.3) is 5.91 Å². The number of benzene rings is 2. The van der Waals surface area contributed by atoms with Crippen LogP contribution < -0.4 is 10.2 Å². The number of fused-ring (bicyclic) bond motifs is 2. The largest absolute Gasteiger partial charge is 0.466 e. The average Bonchev–Trinajstić information content (AvgIpc) is 3.22. The fourth-order valence-corrected chi connectivity index (χ4v) is 6.82. The highest BCUT2D eigenvalue weighted by Crippen LogP contribution is 2.39. The van der Waals surface area contributed by atoms with Gasteiger partial charge in [-0.25, -0.2) is 9.99 Å². The van der Waals surface area contributed by atoms with Crippen molar-refractivity contribution in [2.24, 2.45) is 5.92 Å². The summed E-state index contributed by atoms with van der Waals surface area (Å²) in [6.07, 6.45) is 8.12. The van der Waals surface area contributed by atoms with Crippen LogP contribution in [0.4, 0.5) is 0 Å². The van der Waals surface area contributed by atoms with Crippen molar-refractivity contribution >= 4 is 29.1 Å². The highest BCUT2D eigenvalue weighted by Gasteiger charge is 2.34. The number of allylic oxidation sites excluding steroid dienone is 1. The van der Waals surface area contributed by atoms with Crippen molar-refractivity contribution in [2.45, 2.75) is 51.0 Å². The summed E-state index contributed by atoms with van der Waals surface area (Å²) in [5.74, 6) is 0.419. The number of carbonyl (C=O) groups is 2. The number of esters is 1. The molecule has 1 unspecified atom stereocenters. The minimum Gasteiger partial charge on any atom is -0.466 e. The number of ether oxygens (including phenoxy) is 2. The summed E-state index contributed by atoms with van der Waals surface area (Å²) in [6.45, 7) is 5.68. The van der Waals surface area contributed by atoms with Gasteiger partial charge in [0.1, 0.15) is 5.75 Å². The Labute approximate surface area is 275 Å². The van der Waals surface area contributed by atoms with Crippen molar-refractivity contribution in [3.8, 4) is 11.6 Å².